The Morgan fingerprint density at radius 1 is 0.917 bits per heavy atom. The molecule has 0 saturated heterocycles. The van der Waals surface area contributed by atoms with Gasteiger partial charge >= 0.3 is 5.97 Å². The van der Waals surface area contributed by atoms with Gasteiger partial charge in [-0.05, 0) is 41.1 Å². The van der Waals surface area contributed by atoms with E-state index < -0.39 is 5.97 Å². The molecule has 5 heteroatoms. The number of nitrogens with one attached hydrogen (secondary N) is 1. The molecule has 0 saturated carbocycles. The third-order valence-corrected chi connectivity index (χ3v) is 3.62. The van der Waals surface area contributed by atoms with Gasteiger partial charge in [-0.15, -0.1) is 0 Å². The van der Waals surface area contributed by atoms with Gasteiger partial charge in [-0.25, -0.2) is 4.79 Å². The van der Waals surface area contributed by atoms with Crippen LogP contribution in [-0.2, 0) is 0 Å². The van der Waals surface area contributed by atoms with Crippen LogP contribution in [0.2, 0.25) is 0 Å². The summed E-state index contributed by atoms with van der Waals surface area (Å²) < 4.78 is 5.37. The molecule has 3 aromatic carbocycles. The molecule has 0 heterocycles. The van der Waals surface area contributed by atoms with Crippen molar-refractivity contribution in [2.45, 2.75) is 0 Å². The average Bonchev–Trinajstić information content (AvgIpc) is 2.61. The highest BCUT2D eigenvalue weighted by Gasteiger charge is 2.09. The highest BCUT2D eigenvalue weighted by Crippen LogP contribution is 2.23. The quantitative estimate of drug-likeness (QED) is 0.254. The molecule has 0 aliphatic carbocycles. The van der Waals surface area contributed by atoms with Crippen molar-refractivity contribution in [3.8, 4) is 5.75 Å². The van der Waals surface area contributed by atoms with E-state index in [-0.39, 0.29) is 5.84 Å². The van der Waals surface area contributed by atoms with Crippen LogP contribution in [0.5, 0.6) is 5.75 Å². The van der Waals surface area contributed by atoms with Gasteiger partial charge in [0.05, 0.1) is 5.56 Å². The fourth-order valence-corrected chi connectivity index (χ4v) is 2.32. The molecule has 3 aromatic rings. The molecule has 0 atom stereocenters. The number of benzene rings is 3. The SMILES string of the molecule is N=C(N)c1ccc2cc(OC(=O)c3ccc(C=O)cc3)ccc2c1. The normalized spacial score (nSPS) is 10.3. The van der Waals surface area contributed by atoms with Gasteiger partial charge in [-0.3, -0.25) is 10.2 Å². The monoisotopic (exact) mass is 318 g/mol. The topological polar surface area (TPSA) is 93.2 Å². The molecular formula is C19H14N2O3. The van der Waals surface area contributed by atoms with Gasteiger partial charge in [0, 0.05) is 11.1 Å². The summed E-state index contributed by atoms with van der Waals surface area (Å²) in [6.45, 7) is 0. The smallest absolute Gasteiger partial charge is 0.343 e. The second kappa shape index (κ2) is 6.34. The fraction of sp³-hybridized carbons (Fsp3) is 0. The van der Waals surface area contributed by atoms with Gasteiger partial charge in [0.2, 0.25) is 0 Å². The molecule has 0 aliphatic rings. The van der Waals surface area contributed by atoms with Gasteiger partial charge in [0.15, 0.2) is 0 Å². The van der Waals surface area contributed by atoms with Crippen molar-refractivity contribution in [3.05, 3.63) is 77.4 Å². The zero-order valence-corrected chi connectivity index (χ0v) is 12.7. The number of aldehydes is 1. The van der Waals surface area contributed by atoms with Crippen molar-refractivity contribution in [2.75, 3.05) is 0 Å². The highest BCUT2D eigenvalue weighted by atomic mass is 16.5. The Labute approximate surface area is 138 Å². The zero-order valence-electron chi connectivity index (χ0n) is 12.7. The lowest BCUT2D eigenvalue weighted by molar-refractivity contribution is 0.0734. The molecule has 0 amide bonds. The summed E-state index contributed by atoms with van der Waals surface area (Å²) in [5.41, 5.74) is 6.99. The number of hydrogen-bond donors (Lipinski definition) is 2. The van der Waals surface area contributed by atoms with E-state index in [0.29, 0.717) is 28.7 Å². The third kappa shape index (κ3) is 3.15. The van der Waals surface area contributed by atoms with Gasteiger partial charge in [-0.1, -0.05) is 30.3 Å². The lowest BCUT2D eigenvalue weighted by Gasteiger charge is -2.07. The second-order valence-electron chi connectivity index (χ2n) is 5.27. The Morgan fingerprint density at radius 2 is 1.54 bits per heavy atom. The van der Waals surface area contributed by atoms with E-state index in [9.17, 15) is 9.59 Å². The number of rotatable bonds is 4. The van der Waals surface area contributed by atoms with Crippen molar-refractivity contribution in [3.63, 3.8) is 0 Å². The molecule has 24 heavy (non-hydrogen) atoms. The molecule has 0 unspecified atom stereocenters. The lowest BCUT2D eigenvalue weighted by Crippen LogP contribution is -2.10. The number of esters is 1. The second-order valence-corrected chi connectivity index (χ2v) is 5.27. The fourth-order valence-electron chi connectivity index (χ4n) is 2.32. The minimum Gasteiger partial charge on any atom is -0.423 e. The number of carbonyl (C=O) groups excluding carboxylic acids is 2. The molecule has 3 N–H and O–H groups in total. The molecule has 0 aliphatic heterocycles. The molecule has 3 rings (SSSR count). The van der Waals surface area contributed by atoms with E-state index in [4.69, 9.17) is 15.9 Å². The first kappa shape index (κ1) is 15.4. The minimum atomic E-state index is -0.493. The Balaban J connectivity index is 1.83. The molecule has 0 spiro atoms. The van der Waals surface area contributed by atoms with E-state index in [2.05, 4.69) is 0 Å². The average molecular weight is 318 g/mol. The minimum absolute atomic E-state index is 0.00572. The third-order valence-electron chi connectivity index (χ3n) is 3.62. The Kier molecular flexibility index (Phi) is 4.07. The maximum absolute atomic E-state index is 12.1. The molecular weight excluding hydrogens is 304 g/mol. The van der Waals surface area contributed by atoms with Crippen LogP contribution < -0.4 is 10.5 Å². The van der Waals surface area contributed by atoms with E-state index in [1.165, 1.54) is 0 Å². The Hall–Kier alpha value is -3.47. The molecule has 0 fully saturated rings. The van der Waals surface area contributed by atoms with E-state index in [1.54, 1.807) is 54.6 Å². The van der Waals surface area contributed by atoms with Gasteiger partial charge in [-0.2, -0.15) is 0 Å². The summed E-state index contributed by atoms with van der Waals surface area (Å²) in [7, 11) is 0. The van der Waals surface area contributed by atoms with Crippen LogP contribution in [-0.4, -0.2) is 18.1 Å². The first-order valence-corrected chi connectivity index (χ1v) is 7.22. The lowest BCUT2D eigenvalue weighted by atomic mass is 10.1. The summed E-state index contributed by atoms with van der Waals surface area (Å²) >= 11 is 0. The predicted octanol–water partition coefficient (Wildman–Crippen LogP) is 3.16. The first-order chi connectivity index (χ1) is 11.6. The van der Waals surface area contributed by atoms with Crippen LogP contribution in [0.1, 0.15) is 26.3 Å². The predicted molar refractivity (Wildman–Crippen MR) is 91.8 cm³/mol. The molecule has 5 nitrogen and oxygen atoms in total. The largest absolute Gasteiger partial charge is 0.423 e. The highest BCUT2D eigenvalue weighted by molar-refractivity contribution is 5.99. The number of nitrogens with two attached hydrogens (primary N) is 1. The first-order valence-electron chi connectivity index (χ1n) is 7.22. The maximum atomic E-state index is 12.1. The molecule has 0 radical (unpaired) electrons. The van der Waals surface area contributed by atoms with Gasteiger partial charge in [0.1, 0.15) is 17.9 Å². The van der Waals surface area contributed by atoms with Gasteiger partial charge in [0.25, 0.3) is 0 Å². The molecule has 0 aromatic heterocycles. The number of fused-ring (bicyclic) bond motifs is 1. The maximum Gasteiger partial charge on any atom is 0.343 e. The number of ether oxygens (including phenoxy) is 1. The van der Waals surface area contributed by atoms with Crippen LogP contribution in [0, 0.1) is 5.41 Å². The number of nitrogen functional groups attached to an aromatic ring is 1. The summed E-state index contributed by atoms with van der Waals surface area (Å²) in [5.74, 6) is -0.0686. The molecule has 0 bridgehead atoms. The number of amidine groups is 1. The van der Waals surface area contributed by atoms with Gasteiger partial charge < -0.3 is 10.5 Å². The Morgan fingerprint density at radius 3 is 2.21 bits per heavy atom. The van der Waals surface area contributed by atoms with Crippen molar-refractivity contribution in [1.82, 2.24) is 0 Å². The number of hydrogen-bond acceptors (Lipinski definition) is 4. The van der Waals surface area contributed by atoms with Crippen molar-refractivity contribution >= 4 is 28.9 Å². The summed E-state index contributed by atoms with van der Waals surface area (Å²) in [5, 5.41) is 9.23. The van der Waals surface area contributed by atoms with Crippen LogP contribution in [0.15, 0.2) is 60.7 Å². The van der Waals surface area contributed by atoms with Crippen LogP contribution in [0.25, 0.3) is 10.8 Å². The van der Waals surface area contributed by atoms with Crippen molar-refractivity contribution in [1.29, 1.82) is 5.41 Å². The Bertz CT molecular complexity index is 946. The zero-order chi connectivity index (χ0) is 17.1. The summed E-state index contributed by atoms with van der Waals surface area (Å²) in [4.78, 5) is 22.8. The van der Waals surface area contributed by atoms with Crippen LogP contribution >= 0.6 is 0 Å². The molecule has 118 valence electrons. The van der Waals surface area contributed by atoms with Crippen molar-refractivity contribution < 1.29 is 14.3 Å². The summed E-state index contributed by atoms with van der Waals surface area (Å²) in [6, 6.07) is 16.8. The number of carbonyl (C=O) groups is 2. The summed E-state index contributed by atoms with van der Waals surface area (Å²) in [6.07, 6.45) is 0.716. The van der Waals surface area contributed by atoms with Crippen LogP contribution in [0.3, 0.4) is 0 Å². The van der Waals surface area contributed by atoms with Crippen molar-refractivity contribution in [2.24, 2.45) is 5.73 Å². The van der Waals surface area contributed by atoms with E-state index in [1.807, 2.05) is 6.07 Å². The van der Waals surface area contributed by atoms with E-state index >= 15 is 0 Å². The van der Waals surface area contributed by atoms with E-state index in [0.717, 1.165) is 10.8 Å². The standard InChI is InChI=1S/C19H14N2O3/c20-18(21)16-6-5-15-10-17(8-7-14(15)9-16)24-19(23)13-3-1-12(11-22)2-4-13/h1-11H,(H3,20,21). The van der Waals surface area contributed by atoms with Crippen LogP contribution in [0.4, 0.5) is 0 Å².